The van der Waals surface area contributed by atoms with Crippen molar-refractivity contribution in [3.63, 3.8) is 0 Å². The van der Waals surface area contributed by atoms with Gasteiger partial charge in [0.05, 0.1) is 6.54 Å². The number of furan rings is 1. The first-order valence-corrected chi connectivity index (χ1v) is 11.8. The number of ether oxygens (including phenoxy) is 1. The number of hydrogen-bond acceptors (Lipinski definition) is 4. The summed E-state index contributed by atoms with van der Waals surface area (Å²) >= 11 is 0. The third-order valence-electron chi connectivity index (χ3n) is 4.84. The van der Waals surface area contributed by atoms with Gasteiger partial charge in [-0.25, -0.2) is 0 Å². The number of fused-ring (bicyclic) bond motifs is 1. The smallest absolute Gasteiger partial charge is 0.142 e. The summed E-state index contributed by atoms with van der Waals surface area (Å²) < 4.78 is 12.1. The van der Waals surface area contributed by atoms with Crippen LogP contribution in [0.15, 0.2) is 83.5 Å². The molecule has 33 heavy (non-hydrogen) atoms. The highest BCUT2D eigenvalue weighted by atomic mass is 16.5. The molecule has 0 aliphatic rings. The van der Waals surface area contributed by atoms with Gasteiger partial charge in [0.15, 0.2) is 0 Å². The summed E-state index contributed by atoms with van der Waals surface area (Å²) in [6.45, 7) is 19.1. The van der Waals surface area contributed by atoms with Crippen molar-refractivity contribution in [1.82, 2.24) is 0 Å². The molecule has 0 unspecified atom stereocenters. The molecule has 3 rings (SSSR count). The molecule has 1 aromatic heterocycles. The average molecular weight is 449 g/mol. The monoisotopic (exact) mass is 448 g/mol. The average Bonchev–Trinajstić information content (AvgIpc) is 3.31. The largest absolute Gasteiger partial charge is 0.489 e. The zero-order valence-corrected chi connectivity index (χ0v) is 20.9. The molecule has 0 fully saturated rings. The molecule has 0 amide bonds. The van der Waals surface area contributed by atoms with Crippen molar-refractivity contribution < 1.29 is 9.15 Å². The standard InChI is InChI=1S/C25H28N2O2.2C2H6/c1-4-7-24(17(3)5-2)28-16-19-11-21-13-22(15-27)29-25(21)23(12-19)20-9-6-8-18(10-20)14-26;2*1-2/h4,6-13H,1,3,5,14-16,26-27H2,2H3;2*1-2H3/b24-7+;;. The quantitative estimate of drug-likeness (QED) is 0.261. The zero-order chi connectivity index (χ0) is 24.8. The molecule has 0 bridgehead atoms. The Kier molecular flexibility index (Phi) is 12.6. The van der Waals surface area contributed by atoms with Gasteiger partial charge in [-0.1, -0.05) is 72.1 Å². The Bertz CT molecular complexity index is 1060. The van der Waals surface area contributed by atoms with E-state index in [-0.39, 0.29) is 0 Å². The summed E-state index contributed by atoms with van der Waals surface area (Å²) in [6, 6.07) is 14.3. The van der Waals surface area contributed by atoms with Crippen LogP contribution in [-0.4, -0.2) is 0 Å². The van der Waals surface area contributed by atoms with E-state index in [2.05, 4.69) is 44.3 Å². The fourth-order valence-corrected chi connectivity index (χ4v) is 3.24. The van der Waals surface area contributed by atoms with Crippen molar-refractivity contribution in [2.45, 2.75) is 60.7 Å². The highest BCUT2D eigenvalue weighted by molar-refractivity contribution is 5.93. The van der Waals surface area contributed by atoms with Gasteiger partial charge in [-0.15, -0.1) is 0 Å². The molecule has 4 nitrogen and oxygen atoms in total. The Morgan fingerprint density at radius 3 is 2.33 bits per heavy atom. The minimum absolute atomic E-state index is 0.353. The number of benzene rings is 2. The van der Waals surface area contributed by atoms with E-state index in [1.807, 2.05) is 52.0 Å². The maximum absolute atomic E-state index is 6.05. The van der Waals surface area contributed by atoms with Gasteiger partial charge in [-0.3, -0.25) is 0 Å². The first-order valence-electron chi connectivity index (χ1n) is 11.8. The number of allylic oxidation sites excluding steroid dienone is 3. The lowest BCUT2D eigenvalue weighted by atomic mass is 9.99. The molecule has 0 radical (unpaired) electrons. The summed E-state index contributed by atoms with van der Waals surface area (Å²) in [7, 11) is 0. The SMILES string of the molecule is C=C/C=C(/OCc1cc(-c2cccc(CN)c2)c2oc(CN)cc2c1)C(=C)CC.CC.CC. The molecule has 0 aliphatic heterocycles. The second kappa shape index (κ2) is 14.9. The van der Waals surface area contributed by atoms with Crippen LogP contribution in [0.3, 0.4) is 0 Å². The number of hydrogen-bond donors (Lipinski definition) is 2. The van der Waals surface area contributed by atoms with E-state index < -0.39 is 0 Å². The molecule has 1 heterocycles. The second-order valence-electron chi connectivity index (χ2n) is 6.90. The number of nitrogens with two attached hydrogens (primary N) is 2. The molecule has 0 aliphatic carbocycles. The van der Waals surface area contributed by atoms with E-state index in [9.17, 15) is 0 Å². The van der Waals surface area contributed by atoms with Crippen LogP contribution in [0.1, 0.15) is 57.9 Å². The Morgan fingerprint density at radius 1 is 1.00 bits per heavy atom. The molecule has 4 N–H and O–H groups in total. The van der Waals surface area contributed by atoms with Gasteiger partial charge in [0.2, 0.25) is 0 Å². The molecule has 4 heteroatoms. The minimum Gasteiger partial charge on any atom is -0.489 e. The summed E-state index contributed by atoms with van der Waals surface area (Å²) in [6.07, 6.45) is 4.38. The van der Waals surface area contributed by atoms with E-state index in [1.54, 1.807) is 6.08 Å². The lowest BCUT2D eigenvalue weighted by Gasteiger charge is -2.13. The third kappa shape index (κ3) is 7.48. The number of rotatable bonds is 9. The first kappa shape index (κ1) is 28.0. The lowest BCUT2D eigenvalue weighted by Crippen LogP contribution is -1.98. The molecular weight excluding hydrogens is 408 g/mol. The highest BCUT2D eigenvalue weighted by Gasteiger charge is 2.13. The molecule has 0 atom stereocenters. The third-order valence-corrected chi connectivity index (χ3v) is 4.84. The van der Waals surface area contributed by atoms with Gasteiger partial charge in [0.1, 0.15) is 23.7 Å². The van der Waals surface area contributed by atoms with Crippen molar-refractivity contribution in [3.05, 3.63) is 96.0 Å². The predicted octanol–water partition coefficient (Wildman–Crippen LogP) is 7.62. The van der Waals surface area contributed by atoms with Crippen LogP contribution in [0.2, 0.25) is 0 Å². The molecule has 178 valence electrons. The molecule has 3 aromatic rings. The Balaban J connectivity index is 0.00000129. The maximum Gasteiger partial charge on any atom is 0.142 e. The molecular formula is C29H40N2O2. The summed E-state index contributed by atoms with van der Waals surface area (Å²) in [4.78, 5) is 0. The van der Waals surface area contributed by atoms with Crippen LogP contribution in [0.5, 0.6) is 0 Å². The summed E-state index contributed by atoms with van der Waals surface area (Å²) in [5.41, 5.74) is 17.6. The zero-order valence-electron chi connectivity index (χ0n) is 20.9. The fraction of sp³-hybridized carbons (Fsp3) is 0.310. The second-order valence-corrected chi connectivity index (χ2v) is 6.90. The minimum atomic E-state index is 0.353. The molecule has 2 aromatic carbocycles. The van der Waals surface area contributed by atoms with Crippen LogP contribution < -0.4 is 11.5 Å². The van der Waals surface area contributed by atoms with E-state index in [0.717, 1.165) is 56.7 Å². The van der Waals surface area contributed by atoms with E-state index >= 15 is 0 Å². The van der Waals surface area contributed by atoms with Crippen molar-refractivity contribution >= 4 is 11.0 Å². The van der Waals surface area contributed by atoms with Gasteiger partial charge in [-0.05, 0) is 59.0 Å². The molecule has 0 spiro atoms. The van der Waals surface area contributed by atoms with Crippen molar-refractivity contribution in [2.24, 2.45) is 11.5 Å². The molecule has 0 saturated carbocycles. The Labute approximate surface area is 199 Å². The summed E-state index contributed by atoms with van der Waals surface area (Å²) in [5.74, 6) is 1.50. The van der Waals surface area contributed by atoms with Gasteiger partial charge >= 0.3 is 0 Å². The van der Waals surface area contributed by atoms with Crippen molar-refractivity contribution in [2.75, 3.05) is 0 Å². The molecule has 0 saturated heterocycles. The first-order chi connectivity index (χ1) is 16.1. The normalized spacial score (nSPS) is 10.6. The fourth-order valence-electron chi connectivity index (χ4n) is 3.24. The summed E-state index contributed by atoms with van der Waals surface area (Å²) in [5, 5.41) is 1.00. The van der Waals surface area contributed by atoms with Crippen LogP contribution in [0, 0.1) is 0 Å². The lowest BCUT2D eigenvalue weighted by molar-refractivity contribution is 0.206. The van der Waals surface area contributed by atoms with Crippen LogP contribution >= 0.6 is 0 Å². The van der Waals surface area contributed by atoms with E-state index in [4.69, 9.17) is 20.6 Å². The van der Waals surface area contributed by atoms with Crippen LogP contribution in [0.4, 0.5) is 0 Å². The van der Waals surface area contributed by atoms with Crippen LogP contribution in [0.25, 0.3) is 22.1 Å². The van der Waals surface area contributed by atoms with Gasteiger partial charge in [-0.2, -0.15) is 0 Å². The van der Waals surface area contributed by atoms with E-state index in [0.29, 0.717) is 19.7 Å². The van der Waals surface area contributed by atoms with Crippen molar-refractivity contribution in [3.8, 4) is 11.1 Å². The highest BCUT2D eigenvalue weighted by Crippen LogP contribution is 2.33. The van der Waals surface area contributed by atoms with Crippen LogP contribution in [-0.2, 0) is 24.4 Å². The maximum atomic E-state index is 6.05. The van der Waals surface area contributed by atoms with Gasteiger partial charge < -0.3 is 20.6 Å². The van der Waals surface area contributed by atoms with Gasteiger partial charge in [0, 0.05) is 17.5 Å². The van der Waals surface area contributed by atoms with Gasteiger partial charge in [0.25, 0.3) is 0 Å². The topological polar surface area (TPSA) is 74.4 Å². The Morgan fingerprint density at radius 2 is 1.73 bits per heavy atom. The van der Waals surface area contributed by atoms with Crippen molar-refractivity contribution in [1.29, 1.82) is 0 Å². The van der Waals surface area contributed by atoms with E-state index in [1.165, 1.54) is 0 Å². The Hall–Kier alpha value is -3.08. The predicted molar refractivity (Wildman–Crippen MR) is 143 cm³/mol.